The Morgan fingerprint density at radius 1 is 0.690 bits per heavy atom. The highest BCUT2D eigenvalue weighted by Crippen LogP contribution is 2.39. The molecule has 6 rings (SSSR count). The summed E-state index contributed by atoms with van der Waals surface area (Å²) in [6.45, 7) is -8.65. The molecule has 4 amide bonds. The van der Waals surface area contributed by atoms with Crippen LogP contribution >= 0.6 is 27.0 Å². The second-order valence-electron chi connectivity index (χ2n) is 14.5. The lowest BCUT2D eigenvalue weighted by molar-refractivity contribution is -0.134. The van der Waals surface area contributed by atoms with Gasteiger partial charge in [-0.15, -0.1) is 0 Å². The number of aliphatic carboxylic acids is 1. The molecule has 2 atom stereocenters. The zero-order valence-electron chi connectivity index (χ0n) is 48.8. The average molecular weight is 1080 g/mol. The fourth-order valence-electron chi connectivity index (χ4n) is 6.43. The van der Waals surface area contributed by atoms with Gasteiger partial charge in [0.05, 0.1) is 84.0 Å². The highest BCUT2D eigenvalue weighted by atomic mass is 32.2. The Morgan fingerprint density at radius 2 is 1.14 bits per heavy atom. The molecule has 0 spiro atoms. The van der Waals surface area contributed by atoms with Crippen LogP contribution in [0.2, 0.25) is 0 Å². The number of carboxylic acid groups (broad SMARTS) is 1. The molecule has 4 aromatic carbocycles. The third kappa shape index (κ3) is 17.9. The van der Waals surface area contributed by atoms with E-state index in [-0.39, 0.29) is 95.2 Å². The Labute approximate surface area is 439 Å². The summed E-state index contributed by atoms with van der Waals surface area (Å²) in [4.78, 5) is 81.4. The molecule has 0 saturated heterocycles. The standard InChI is InChI=1S/C22H24N2O7S.C12H19NO4S.C10H7NO4.C2H4O2.2H2S/c1-5-31-19-11-14(9-10-18(19)30-3)17(12-32(4,28)29)24-21(26)15-7-6-8-16(23-13(2)25)20(15)22(24)27;1-4-17-12-7-9(5-6-11(12)16-2)10(13)8-18(3,14)15;1-5(12)11-7-4-2-3-6-8(7)10(14)15-9(6)13;1-2(3)4;;/h6-11,17H,5,12H2,1-4H3,(H,23,25);5-7,10H,4,8,13H2,1-3H3;2-4H,1H3,(H,11,12);1H3,(H,3,4);2*1H2/t17-;10-;;;;/m11..../s1/i1D3,5D2;1D3,4D2;;;;. The topological polar surface area (TPSA) is 307 Å². The second-order valence-corrected chi connectivity index (χ2v) is 18.9. The molecule has 0 radical (unpaired) electrons. The minimum atomic E-state index is -3.81. The van der Waals surface area contributed by atoms with E-state index in [1.807, 2.05) is 0 Å². The van der Waals surface area contributed by atoms with Crippen LogP contribution in [0.15, 0.2) is 72.8 Å². The van der Waals surface area contributed by atoms with E-state index in [4.69, 9.17) is 48.3 Å². The monoisotopic (exact) mass is 1080 g/mol. The van der Waals surface area contributed by atoms with Gasteiger partial charge >= 0.3 is 11.9 Å². The summed E-state index contributed by atoms with van der Waals surface area (Å²) in [5, 5.41) is 12.4. The van der Waals surface area contributed by atoms with Crippen LogP contribution in [0.3, 0.4) is 0 Å². The number of hydrogen-bond acceptors (Lipinski definition) is 17. The summed E-state index contributed by atoms with van der Waals surface area (Å²) in [5.41, 5.74) is 6.74. The van der Waals surface area contributed by atoms with Crippen molar-refractivity contribution in [3.63, 3.8) is 0 Å². The zero-order chi connectivity index (χ0) is 60.6. The Bertz CT molecular complexity index is 3250. The smallest absolute Gasteiger partial charge is 0.349 e. The average Bonchev–Trinajstić information content (AvgIpc) is 3.73. The van der Waals surface area contributed by atoms with Crippen LogP contribution in [0.5, 0.6) is 23.0 Å². The molecule has 0 aromatic heterocycles. The number of ether oxygens (including phenoxy) is 5. The van der Waals surface area contributed by atoms with E-state index in [0.717, 1.165) is 30.4 Å². The molecule has 5 N–H and O–H groups in total. The van der Waals surface area contributed by atoms with Crippen molar-refractivity contribution in [1.29, 1.82) is 0 Å². The van der Waals surface area contributed by atoms with Gasteiger partial charge in [-0.25, -0.2) is 26.4 Å². The van der Waals surface area contributed by atoms with E-state index in [2.05, 4.69) is 15.4 Å². The number of rotatable bonds is 15. The molecule has 4 aromatic rings. The van der Waals surface area contributed by atoms with Gasteiger partial charge in [-0.1, -0.05) is 24.3 Å². The molecule has 2 aliphatic heterocycles. The Morgan fingerprint density at radius 3 is 1.59 bits per heavy atom. The van der Waals surface area contributed by atoms with Gasteiger partial charge in [0.25, 0.3) is 17.8 Å². The van der Waals surface area contributed by atoms with E-state index in [9.17, 15) is 45.6 Å². The van der Waals surface area contributed by atoms with Crippen LogP contribution in [0.4, 0.5) is 11.4 Å². The van der Waals surface area contributed by atoms with Gasteiger partial charge in [0, 0.05) is 47.5 Å². The quantitative estimate of drug-likeness (QED) is 0.0703. The first kappa shape index (κ1) is 46.7. The number of anilines is 2. The van der Waals surface area contributed by atoms with Crippen LogP contribution in [-0.2, 0) is 38.8 Å². The van der Waals surface area contributed by atoms with Gasteiger partial charge in [0.2, 0.25) is 11.8 Å². The molecular formula is C46H58N4O17S4. The number of carbonyl (C=O) groups is 7. The van der Waals surface area contributed by atoms with Gasteiger partial charge in [-0.05, 0) is 73.4 Å². The van der Waals surface area contributed by atoms with Gasteiger partial charge in [-0.3, -0.25) is 28.9 Å². The van der Waals surface area contributed by atoms with Gasteiger partial charge in [0.1, 0.15) is 19.7 Å². The molecule has 25 heteroatoms. The van der Waals surface area contributed by atoms with E-state index >= 15 is 0 Å². The van der Waals surface area contributed by atoms with Crippen molar-refractivity contribution >= 4 is 99.6 Å². The largest absolute Gasteiger partial charge is 0.493 e. The van der Waals surface area contributed by atoms with Crippen molar-refractivity contribution in [2.45, 2.75) is 46.6 Å². The predicted molar refractivity (Wildman–Crippen MR) is 273 cm³/mol. The molecule has 0 fully saturated rings. The van der Waals surface area contributed by atoms with Crippen LogP contribution in [0, 0.1) is 0 Å². The molecule has 388 valence electrons. The summed E-state index contributed by atoms with van der Waals surface area (Å²) in [6.07, 6.45) is 1.95. The van der Waals surface area contributed by atoms with Crippen LogP contribution in [0.25, 0.3) is 0 Å². The number of cyclic esters (lactones) is 2. The maximum Gasteiger partial charge on any atom is 0.349 e. The fourth-order valence-corrected chi connectivity index (χ4v) is 8.19. The second kappa shape index (κ2) is 27.7. The maximum atomic E-state index is 13.4. The fraction of sp³-hybridized carbons (Fsp3) is 0.326. The minimum Gasteiger partial charge on any atom is -0.493 e. The molecule has 2 heterocycles. The molecule has 2 aliphatic rings. The first-order valence-corrected chi connectivity index (χ1v) is 23.7. The Kier molecular flexibility index (Phi) is 18.2. The number of carbonyl (C=O) groups excluding carboxylic acids is 6. The number of imide groups is 1. The minimum absolute atomic E-state index is 0. The number of benzene rings is 4. The van der Waals surface area contributed by atoms with Crippen molar-refractivity contribution in [3.05, 3.63) is 106 Å². The highest BCUT2D eigenvalue weighted by molar-refractivity contribution is 7.90. The summed E-state index contributed by atoms with van der Waals surface area (Å²) in [6, 6.07) is 14.5. The lowest BCUT2D eigenvalue weighted by Crippen LogP contribution is -2.37. The number of nitrogens with zero attached hydrogens (tertiary/aromatic N) is 1. The normalized spacial score (nSPS) is 15.7. The van der Waals surface area contributed by atoms with E-state index < -0.39 is 100.0 Å². The van der Waals surface area contributed by atoms with E-state index in [0.29, 0.717) is 11.3 Å². The molecule has 21 nitrogen and oxygen atoms in total. The third-order valence-corrected chi connectivity index (χ3v) is 10.9. The summed E-state index contributed by atoms with van der Waals surface area (Å²) >= 11 is 0. The van der Waals surface area contributed by atoms with Crippen molar-refractivity contribution in [2.75, 3.05) is 62.0 Å². The summed E-state index contributed by atoms with van der Waals surface area (Å²) in [7, 11) is -4.59. The Hall–Kier alpha value is -6.67. The first-order chi connectivity index (χ1) is 36.1. The molecule has 0 saturated carbocycles. The number of hydrogen-bond donors (Lipinski definition) is 4. The number of esters is 2. The number of carboxylic acids is 1. The summed E-state index contributed by atoms with van der Waals surface area (Å²) in [5.74, 6) is -6.22. The van der Waals surface area contributed by atoms with Gasteiger partial charge < -0.3 is 45.2 Å². The number of amides is 4. The maximum absolute atomic E-state index is 13.4. The molecule has 0 unspecified atom stereocenters. The third-order valence-electron chi connectivity index (χ3n) is 9.01. The molecular weight excluding hydrogens is 1010 g/mol. The number of sulfone groups is 2. The first-order valence-electron chi connectivity index (χ1n) is 24.6. The number of methoxy groups -OCH3 is 2. The molecule has 0 bridgehead atoms. The van der Waals surface area contributed by atoms with E-state index in [1.54, 1.807) is 12.1 Å². The predicted octanol–water partition coefficient (Wildman–Crippen LogP) is 4.84. The van der Waals surface area contributed by atoms with Crippen LogP contribution in [-0.4, -0.2) is 120 Å². The highest BCUT2D eigenvalue weighted by Gasteiger charge is 2.43. The molecule has 71 heavy (non-hydrogen) atoms. The Balaban J connectivity index is 0.000000634. The lowest BCUT2D eigenvalue weighted by Gasteiger charge is -2.27. The van der Waals surface area contributed by atoms with Crippen LogP contribution in [0.1, 0.15) is 113 Å². The molecule has 0 aliphatic carbocycles. The van der Waals surface area contributed by atoms with Crippen molar-refractivity contribution in [2.24, 2.45) is 5.73 Å². The van der Waals surface area contributed by atoms with Gasteiger partial charge in [-0.2, -0.15) is 27.0 Å². The van der Waals surface area contributed by atoms with Crippen molar-refractivity contribution in [3.8, 4) is 23.0 Å². The number of nitrogens with two attached hydrogens (primary N) is 1. The SMILES string of the molecule is CC(=O)Nc1cccc2c1C(=O)OC2=O.CC(=O)O.S.S.[2H]C([2H])([2H])C([2H])([2H])Oc1cc([C@@H](CS(C)(=O)=O)N2C(=O)c3cccc(NC(C)=O)c3C2=O)ccc1OC.[2H]C([2H])([2H])C([2H])([2H])Oc1cc([C@H](N)CS(C)(=O)=O)ccc1OC. The number of fused-ring (bicyclic) bond motifs is 2. The van der Waals surface area contributed by atoms with Gasteiger partial charge in [0.15, 0.2) is 23.0 Å². The zero-order valence-corrected chi connectivity index (χ0v) is 42.5. The van der Waals surface area contributed by atoms with Crippen LogP contribution < -0.4 is 35.3 Å². The number of nitrogens with one attached hydrogen (secondary N) is 2. The lowest BCUT2D eigenvalue weighted by atomic mass is 10.1. The van der Waals surface area contributed by atoms with Crippen molar-refractivity contribution in [1.82, 2.24) is 4.90 Å². The van der Waals surface area contributed by atoms with E-state index in [1.165, 1.54) is 82.7 Å². The summed E-state index contributed by atoms with van der Waals surface area (Å²) < 4.78 is 146. The van der Waals surface area contributed by atoms with Crippen molar-refractivity contribution < 1.29 is 92.9 Å².